The van der Waals surface area contributed by atoms with E-state index in [0.29, 0.717) is 0 Å². The number of esters is 2. The van der Waals surface area contributed by atoms with Crippen LogP contribution in [0.4, 0.5) is 17.1 Å². The molecule has 35 heavy (non-hydrogen) atoms. The van der Waals surface area contributed by atoms with E-state index in [4.69, 9.17) is 9.47 Å². The van der Waals surface area contributed by atoms with Gasteiger partial charge in [0, 0.05) is 29.2 Å². The van der Waals surface area contributed by atoms with Crippen LogP contribution < -0.4 is 4.90 Å². The van der Waals surface area contributed by atoms with Crippen LogP contribution in [0.2, 0.25) is 0 Å². The van der Waals surface area contributed by atoms with Crippen LogP contribution in [0.1, 0.15) is 48.3 Å². The predicted molar refractivity (Wildman–Crippen MR) is 140 cm³/mol. The van der Waals surface area contributed by atoms with Crippen LogP contribution in [0.5, 0.6) is 0 Å². The van der Waals surface area contributed by atoms with Crippen LogP contribution in [0, 0.1) is 13.8 Å². The maximum Gasteiger partial charge on any atom is 0.330 e. The number of rotatable bonds is 9. The minimum atomic E-state index is -0.452. The summed E-state index contributed by atoms with van der Waals surface area (Å²) in [4.78, 5) is 25.3. The van der Waals surface area contributed by atoms with E-state index in [0.717, 1.165) is 40.3 Å². The second kappa shape index (κ2) is 11.3. The fourth-order valence-corrected chi connectivity index (χ4v) is 3.68. The second-order valence-electron chi connectivity index (χ2n) is 8.35. The summed E-state index contributed by atoms with van der Waals surface area (Å²) in [6.45, 7) is 14.7. The minimum absolute atomic E-state index is 0.385. The lowest BCUT2D eigenvalue weighted by atomic mass is 10.1. The SMILES string of the molecule is C=CC(=O)OC(C)c1ccc(N(c2ccc(C(C)OC(=O)C=C)cc2)c2ccc(C)c(C)c2)cc1. The average molecular weight is 470 g/mol. The molecule has 0 amide bonds. The zero-order valence-corrected chi connectivity index (χ0v) is 20.7. The van der Waals surface area contributed by atoms with Crippen molar-refractivity contribution in [3.63, 3.8) is 0 Å². The van der Waals surface area contributed by atoms with Crippen molar-refractivity contribution in [1.82, 2.24) is 0 Å². The molecule has 0 heterocycles. The minimum Gasteiger partial charge on any atom is -0.455 e. The van der Waals surface area contributed by atoms with Gasteiger partial charge in [-0.1, -0.05) is 43.5 Å². The molecule has 180 valence electrons. The van der Waals surface area contributed by atoms with Crippen molar-refractivity contribution >= 4 is 29.0 Å². The quantitative estimate of drug-likeness (QED) is 0.242. The number of anilines is 3. The van der Waals surface area contributed by atoms with E-state index in [-0.39, 0.29) is 12.2 Å². The maximum atomic E-state index is 11.6. The Balaban J connectivity index is 1.97. The van der Waals surface area contributed by atoms with Crippen molar-refractivity contribution in [2.45, 2.75) is 39.9 Å². The van der Waals surface area contributed by atoms with Crippen LogP contribution in [-0.2, 0) is 19.1 Å². The third kappa shape index (κ3) is 6.27. The molecule has 0 aliphatic rings. The fourth-order valence-electron chi connectivity index (χ4n) is 3.68. The molecule has 0 aromatic heterocycles. The molecule has 0 fully saturated rings. The van der Waals surface area contributed by atoms with E-state index < -0.39 is 11.9 Å². The highest BCUT2D eigenvalue weighted by atomic mass is 16.5. The fraction of sp³-hybridized carbons (Fsp3) is 0.200. The topological polar surface area (TPSA) is 55.8 Å². The Morgan fingerprint density at radius 2 is 1.09 bits per heavy atom. The summed E-state index contributed by atoms with van der Waals surface area (Å²) >= 11 is 0. The van der Waals surface area contributed by atoms with Crippen LogP contribution in [-0.4, -0.2) is 11.9 Å². The second-order valence-corrected chi connectivity index (χ2v) is 8.35. The Morgan fingerprint density at radius 3 is 1.46 bits per heavy atom. The molecular weight excluding hydrogens is 438 g/mol. The van der Waals surface area contributed by atoms with Crippen LogP contribution in [0.15, 0.2) is 92.0 Å². The van der Waals surface area contributed by atoms with Gasteiger partial charge in [-0.15, -0.1) is 0 Å². The monoisotopic (exact) mass is 469 g/mol. The molecule has 3 rings (SSSR count). The summed E-state index contributed by atoms with van der Waals surface area (Å²) in [7, 11) is 0. The highest BCUT2D eigenvalue weighted by Crippen LogP contribution is 2.36. The van der Waals surface area contributed by atoms with Gasteiger partial charge in [-0.3, -0.25) is 0 Å². The maximum absolute atomic E-state index is 11.6. The van der Waals surface area contributed by atoms with E-state index in [1.165, 1.54) is 11.1 Å². The third-order valence-corrected chi connectivity index (χ3v) is 5.91. The molecule has 3 aromatic rings. The normalized spacial score (nSPS) is 12.2. The lowest BCUT2D eigenvalue weighted by Crippen LogP contribution is -2.12. The van der Waals surface area contributed by atoms with Gasteiger partial charge in [0.2, 0.25) is 0 Å². The van der Waals surface area contributed by atoms with Crippen molar-refractivity contribution in [2.24, 2.45) is 0 Å². The molecule has 0 saturated carbocycles. The Kier molecular flexibility index (Phi) is 8.26. The third-order valence-electron chi connectivity index (χ3n) is 5.91. The number of benzene rings is 3. The van der Waals surface area contributed by atoms with Crippen LogP contribution in [0.25, 0.3) is 0 Å². The molecule has 0 aliphatic carbocycles. The lowest BCUT2D eigenvalue weighted by molar-refractivity contribution is -0.143. The molecule has 0 aliphatic heterocycles. The molecule has 0 N–H and O–H groups in total. The van der Waals surface area contributed by atoms with Crippen LogP contribution in [0.3, 0.4) is 0 Å². The molecule has 0 radical (unpaired) electrons. The summed E-state index contributed by atoms with van der Waals surface area (Å²) in [6, 6.07) is 22.2. The van der Waals surface area contributed by atoms with Crippen molar-refractivity contribution in [1.29, 1.82) is 0 Å². The zero-order chi connectivity index (χ0) is 25.5. The van der Waals surface area contributed by atoms with E-state index in [9.17, 15) is 9.59 Å². The van der Waals surface area contributed by atoms with Gasteiger partial charge in [-0.25, -0.2) is 9.59 Å². The highest BCUT2D eigenvalue weighted by molar-refractivity contribution is 5.82. The lowest BCUT2D eigenvalue weighted by Gasteiger charge is -2.27. The summed E-state index contributed by atoms with van der Waals surface area (Å²) in [5.41, 5.74) is 7.11. The van der Waals surface area contributed by atoms with Gasteiger partial charge < -0.3 is 14.4 Å². The molecule has 2 unspecified atom stereocenters. The highest BCUT2D eigenvalue weighted by Gasteiger charge is 2.16. The molecule has 0 bridgehead atoms. The van der Waals surface area contributed by atoms with Crippen molar-refractivity contribution in [3.8, 4) is 0 Å². The van der Waals surface area contributed by atoms with E-state index in [1.807, 2.05) is 62.4 Å². The van der Waals surface area contributed by atoms with Crippen LogP contribution >= 0.6 is 0 Å². The Labute approximate surface area is 207 Å². The van der Waals surface area contributed by atoms with Gasteiger partial charge in [0.25, 0.3) is 0 Å². The number of nitrogens with zero attached hydrogens (tertiary/aromatic N) is 1. The molecule has 0 spiro atoms. The van der Waals surface area contributed by atoms with Crippen molar-refractivity contribution in [2.75, 3.05) is 4.90 Å². The summed E-state index contributed by atoms with van der Waals surface area (Å²) < 4.78 is 10.7. The van der Waals surface area contributed by atoms with Gasteiger partial charge in [0.1, 0.15) is 12.2 Å². The first-order valence-corrected chi connectivity index (χ1v) is 11.5. The number of aryl methyl sites for hydroxylation is 2. The standard InChI is InChI=1S/C30H31NO4/c1-7-29(32)34-22(5)24-10-15-26(16-11-24)31(28-14-9-20(3)21(4)19-28)27-17-12-25(13-18-27)23(6)35-30(33)8-2/h7-19,22-23H,1-2H2,3-6H3. The Morgan fingerprint density at radius 1 is 0.686 bits per heavy atom. The molecule has 0 saturated heterocycles. The predicted octanol–water partition coefficient (Wildman–Crippen LogP) is 7.35. The van der Waals surface area contributed by atoms with E-state index in [2.05, 4.69) is 50.1 Å². The zero-order valence-electron chi connectivity index (χ0n) is 20.7. The Hall–Kier alpha value is -4.12. The van der Waals surface area contributed by atoms with Gasteiger partial charge in [-0.05, 0) is 86.3 Å². The average Bonchev–Trinajstić information content (AvgIpc) is 2.86. The van der Waals surface area contributed by atoms with E-state index >= 15 is 0 Å². The molecule has 5 heteroatoms. The first-order chi connectivity index (χ1) is 16.7. The number of hydrogen-bond acceptors (Lipinski definition) is 5. The Bertz CT molecular complexity index is 1140. The molecule has 3 aromatic carbocycles. The first kappa shape index (κ1) is 25.5. The summed E-state index contributed by atoms with van der Waals surface area (Å²) in [5, 5.41) is 0. The van der Waals surface area contributed by atoms with Gasteiger partial charge in [0.15, 0.2) is 0 Å². The first-order valence-electron chi connectivity index (χ1n) is 11.5. The van der Waals surface area contributed by atoms with Gasteiger partial charge in [-0.2, -0.15) is 0 Å². The molecular formula is C30H31NO4. The van der Waals surface area contributed by atoms with Crippen molar-refractivity contribution in [3.05, 3.63) is 114 Å². The number of carbonyl (C=O) groups excluding carboxylic acids is 2. The smallest absolute Gasteiger partial charge is 0.330 e. The molecule has 2 atom stereocenters. The van der Waals surface area contributed by atoms with E-state index in [1.54, 1.807) is 0 Å². The number of ether oxygens (including phenoxy) is 2. The summed E-state index contributed by atoms with van der Waals surface area (Å²) in [6.07, 6.45) is 1.55. The summed E-state index contributed by atoms with van der Waals surface area (Å²) in [5.74, 6) is -0.905. The number of carbonyl (C=O) groups is 2. The number of hydrogen-bond donors (Lipinski definition) is 0. The van der Waals surface area contributed by atoms with Crippen molar-refractivity contribution < 1.29 is 19.1 Å². The largest absolute Gasteiger partial charge is 0.455 e. The van der Waals surface area contributed by atoms with Gasteiger partial charge >= 0.3 is 11.9 Å². The van der Waals surface area contributed by atoms with Gasteiger partial charge in [0.05, 0.1) is 0 Å². The molecule has 5 nitrogen and oxygen atoms in total.